The average Bonchev–Trinajstić information content (AvgIpc) is 3.22. The van der Waals surface area contributed by atoms with E-state index in [0.29, 0.717) is 29.4 Å². The van der Waals surface area contributed by atoms with Crippen LogP contribution < -0.4 is 14.8 Å². The maximum absolute atomic E-state index is 12.2. The molecular formula is C18H24N4O6S2. The molecule has 164 valence electrons. The molecule has 1 fully saturated rings. The van der Waals surface area contributed by atoms with Crippen LogP contribution in [-0.4, -0.2) is 74.4 Å². The number of hydrogen-bond acceptors (Lipinski definition) is 9. The van der Waals surface area contributed by atoms with Crippen molar-refractivity contribution in [3.63, 3.8) is 0 Å². The van der Waals surface area contributed by atoms with Gasteiger partial charge in [-0.2, -0.15) is 0 Å². The van der Waals surface area contributed by atoms with Crippen molar-refractivity contribution in [2.24, 2.45) is 0 Å². The van der Waals surface area contributed by atoms with Gasteiger partial charge >= 0.3 is 0 Å². The lowest BCUT2D eigenvalue weighted by Gasteiger charge is -2.17. The zero-order chi connectivity index (χ0) is 21.9. The number of carbonyl (C=O) groups is 1. The van der Waals surface area contributed by atoms with Crippen molar-refractivity contribution in [2.45, 2.75) is 19.1 Å². The average molecular weight is 457 g/mol. The van der Waals surface area contributed by atoms with Crippen LogP contribution in [0.25, 0.3) is 11.5 Å². The molecule has 2 aromatic rings. The first-order chi connectivity index (χ1) is 14.2. The summed E-state index contributed by atoms with van der Waals surface area (Å²) in [5.74, 6) is 1.28. The minimum atomic E-state index is -3.04. The first-order valence-corrected chi connectivity index (χ1v) is 11.4. The fourth-order valence-electron chi connectivity index (χ4n) is 3.19. The first kappa shape index (κ1) is 22.2. The summed E-state index contributed by atoms with van der Waals surface area (Å²) in [6.45, 7) is 0.295. The van der Waals surface area contributed by atoms with Crippen molar-refractivity contribution in [1.29, 1.82) is 0 Å². The van der Waals surface area contributed by atoms with Gasteiger partial charge in [-0.05, 0) is 43.9 Å². The Morgan fingerprint density at radius 1 is 1.37 bits per heavy atom. The zero-order valence-electron chi connectivity index (χ0n) is 17.0. The van der Waals surface area contributed by atoms with Crippen molar-refractivity contribution in [2.75, 3.05) is 39.3 Å². The first-order valence-electron chi connectivity index (χ1n) is 9.19. The molecular weight excluding hydrogens is 432 g/mol. The second-order valence-electron chi connectivity index (χ2n) is 7.07. The highest BCUT2D eigenvalue weighted by Gasteiger charge is 2.29. The third-order valence-electron chi connectivity index (χ3n) is 4.62. The van der Waals surface area contributed by atoms with Gasteiger partial charge in [0, 0.05) is 11.6 Å². The third kappa shape index (κ3) is 5.37. The summed E-state index contributed by atoms with van der Waals surface area (Å²) >= 11 is 5.24. The quantitative estimate of drug-likeness (QED) is 0.583. The van der Waals surface area contributed by atoms with Crippen molar-refractivity contribution in [3.8, 4) is 23.0 Å². The van der Waals surface area contributed by atoms with Gasteiger partial charge in [0.15, 0.2) is 21.3 Å². The van der Waals surface area contributed by atoms with Crippen LogP contribution in [0.15, 0.2) is 22.6 Å². The lowest BCUT2D eigenvalue weighted by atomic mass is 10.2. The van der Waals surface area contributed by atoms with E-state index >= 15 is 0 Å². The number of likely N-dealkylation sites (N-methyl/N-ethyl adjacent to an activating group) is 1. The molecule has 2 heterocycles. The predicted octanol–water partition coefficient (Wildman–Crippen LogP) is 1.08. The zero-order valence-corrected chi connectivity index (χ0v) is 18.6. The Morgan fingerprint density at radius 3 is 2.73 bits per heavy atom. The fourth-order valence-corrected chi connectivity index (χ4v) is 5.04. The van der Waals surface area contributed by atoms with Gasteiger partial charge in [0.05, 0.1) is 38.9 Å². The Kier molecular flexibility index (Phi) is 6.78. The Balaban J connectivity index is 1.63. The lowest BCUT2D eigenvalue weighted by Crippen LogP contribution is -2.42. The molecule has 0 bridgehead atoms. The van der Waals surface area contributed by atoms with Gasteiger partial charge in [0.25, 0.3) is 4.84 Å². The molecule has 10 nitrogen and oxygen atoms in total. The summed E-state index contributed by atoms with van der Waals surface area (Å²) in [7, 11) is 1.78. The van der Waals surface area contributed by atoms with Gasteiger partial charge < -0.3 is 19.2 Å². The summed E-state index contributed by atoms with van der Waals surface area (Å²) in [5.41, 5.74) is 0.667. The number of amides is 1. The number of nitrogens with one attached hydrogen (secondary N) is 1. The Morgan fingerprint density at radius 2 is 2.10 bits per heavy atom. The van der Waals surface area contributed by atoms with Crippen LogP contribution in [0.1, 0.15) is 6.42 Å². The number of ether oxygens (including phenoxy) is 2. The summed E-state index contributed by atoms with van der Waals surface area (Å²) in [6, 6.07) is 4.92. The highest BCUT2D eigenvalue weighted by Crippen LogP contribution is 2.31. The molecule has 30 heavy (non-hydrogen) atoms. The molecule has 1 saturated heterocycles. The number of hydrogen-bond donors (Lipinski definition) is 1. The van der Waals surface area contributed by atoms with E-state index in [-0.39, 0.29) is 41.5 Å². The number of carbonyl (C=O) groups excluding carboxylic acids is 1. The van der Waals surface area contributed by atoms with E-state index in [4.69, 9.17) is 26.1 Å². The van der Waals surface area contributed by atoms with Gasteiger partial charge in [-0.1, -0.05) is 0 Å². The third-order valence-corrected chi connectivity index (χ3v) is 6.69. The summed E-state index contributed by atoms with van der Waals surface area (Å²) in [4.78, 5) is 14.1. The monoisotopic (exact) mass is 456 g/mol. The van der Waals surface area contributed by atoms with Gasteiger partial charge in [0.1, 0.15) is 0 Å². The Hall–Kier alpha value is -2.44. The second-order valence-corrected chi connectivity index (χ2v) is 9.64. The fraction of sp³-hybridized carbons (Fsp3) is 0.500. The molecule has 3 rings (SSSR count). The molecule has 0 saturated carbocycles. The highest BCUT2D eigenvalue weighted by molar-refractivity contribution is 7.91. The van der Waals surface area contributed by atoms with Crippen LogP contribution in [0.2, 0.25) is 0 Å². The number of methoxy groups -OCH3 is 2. The van der Waals surface area contributed by atoms with Crippen LogP contribution in [0.5, 0.6) is 11.5 Å². The summed E-state index contributed by atoms with van der Waals surface area (Å²) in [5, 5.41) is 7.13. The molecule has 12 heteroatoms. The number of rotatable bonds is 8. The molecule has 0 aliphatic carbocycles. The molecule has 1 aromatic heterocycles. The van der Waals surface area contributed by atoms with E-state index in [1.54, 1.807) is 37.3 Å². The lowest BCUT2D eigenvalue weighted by molar-refractivity contribution is -0.122. The van der Waals surface area contributed by atoms with Crippen molar-refractivity contribution >= 4 is 28.0 Å². The minimum Gasteiger partial charge on any atom is -0.493 e. The Bertz CT molecular complexity index is 1080. The molecule has 1 amide bonds. The van der Waals surface area contributed by atoms with E-state index in [9.17, 15) is 13.2 Å². The number of benzene rings is 1. The minimum absolute atomic E-state index is 0.00845. The summed E-state index contributed by atoms with van der Waals surface area (Å²) < 4.78 is 40.6. The van der Waals surface area contributed by atoms with E-state index in [2.05, 4.69) is 10.4 Å². The molecule has 1 aliphatic rings. The SMILES string of the molecule is COc1ccc(-c2nn(CN(C)CC(=O)NC3CCS(=O)(=O)C3)c(=S)o2)cc1OC. The van der Waals surface area contributed by atoms with E-state index in [1.165, 1.54) is 11.8 Å². The van der Waals surface area contributed by atoms with Gasteiger partial charge in [-0.3, -0.25) is 9.69 Å². The van der Waals surface area contributed by atoms with Crippen LogP contribution in [0.3, 0.4) is 0 Å². The number of aromatic nitrogens is 2. The van der Waals surface area contributed by atoms with Gasteiger partial charge in [-0.25, -0.2) is 13.1 Å². The highest BCUT2D eigenvalue weighted by atomic mass is 32.2. The molecule has 0 spiro atoms. The van der Waals surface area contributed by atoms with Crippen molar-refractivity contribution in [3.05, 3.63) is 23.0 Å². The maximum atomic E-state index is 12.2. The standard InChI is InChI=1S/C18H24N4O6S2/c1-21(9-16(23)19-13-6-7-30(24,25)10-13)11-22-18(29)28-17(20-22)12-4-5-14(26-2)15(8-12)27-3/h4-5,8,13H,6-7,9-11H2,1-3H3,(H,19,23). The van der Waals surface area contributed by atoms with Crippen molar-refractivity contribution < 1.29 is 27.1 Å². The van der Waals surface area contributed by atoms with Gasteiger partial charge in [0.2, 0.25) is 11.8 Å². The van der Waals surface area contributed by atoms with Crippen LogP contribution in [-0.2, 0) is 21.3 Å². The molecule has 1 atom stereocenters. The summed E-state index contributed by atoms with van der Waals surface area (Å²) in [6.07, 6.45) is 0.445. The van der Waals surface area contributed by atoms with E-state index < -0.39 is 9.84 Å². The Labute approximate surface area is 179 Å². The predicted molar refractivity (Wildman–Crippen MR) is 112 cm³/mol. The van der Waals surface area contributed by atoms with E-state index in [0.717, 1.165) is 0 Å². The number of sulfone groups is 1. The van der Waals surface area contributed by atoms with E-state index in [1.807, 2.05) is 0 Å². The smallest absolute Gasteiger partial charge is 0.288 e. The molecule has 1 unspecified atom stereocenters. The van der Waals surface area contributed by atoms with Crippen LogP contribution >= 0.6 is 12.2 Å². The number of nitrogens with zero attached hydrogens (tertiary/aromatic N) is 3. The molecule has 1 aromatic carbocycles. The van der Waals surface area contributed by atoms with Gasteiger partial charge in [-0.15, -0.1) is 5.10 Å². The van der Waals surface area contributed by atoms with Crippen LogP contribution in [0, 0.1) is 4.84 Å². The normalized spacial score (nSPS) is 17.8. The molecule has 1 aliphatic heterocycles. The second kappa shape index (κ2) is 9.14. The van der Waals surface area contributed by atoms with Crippen LogP contribution in [0.4, 0.5) is 0 Å². The molecule has 0 radical (unpaired) electrons. The largest absolute Gasteiger partial charge is 0.493 e. The van der Waals surface area contributed by atoms with Crippen molar-refractivity contribution in [1.82, 2.24) is 20.0 Å². The molecule has 1 N–H and O–H groups in total. The maximum Gasteiger partial charge on any atom is 0.288 e. The topological polar surface area (TPSA) is 116 Å².